The van der Waals surface area contributed by atoms with E-state index in [-0.39, 0.29) is 18.4 Å². The summed E-state index contributed by atoms with van der Waals surface area (Å²) in [4.78, 5) is 24.8. The largest absolute Gasteiger partial charge is 0.353 e. The Balaban J connectivity index is 1.88. The average Bonchev–Trinajstić information content (AvgIpc) is 2.37. The Morgan fingerprint density at radius 2 is 2.17 bits per heavy atom. The van der Waals surface area contributed by atoms with Gasteiger partial charge in [-0.05, 0) is 18.1 Å². The van der Waals surface area contributed by atoms with Gasteiger partial charge >= 0.3 is 0 Å². The van der Waals surface area contributed by atoms with Gasteiger partial charge in [-0.3, -0.25) is 9.59 Å². The van der Waals surface area contributed by atoms with Gasteiger partial charge in [0.05, 0.1) is 6.54 Å². The molecule has 1 aromatic carbocycles. The molecular formula is C13H15BrN2O2. The predicted molar refractivity (Wildman–Crippen MR) is 72.1 cm³/mol. The highest BCUT2D eigenvalue weighted by Crippen LogP contribution is 2.17. The quantitative estimate of drug-likeness (QED) is 0.916. The topological polar surface area (TPSA) is 49.4 Å². The van der Waals surface area contributed by atoms with Crippen LogP contribution in [0, 0.1) is 0 Å². The van der Waals surface area contributed by atoms with Gasteiger partial charge in [0.25, 0.3) is 0 Å². The summed E-state index contributed by atoms with van der Waals surface area (Å²) in [6, 6.07) is 7.87. The van der Waals surface area contributed by atoms with E-state index < -0.39 is 0 Å². The van der Waals surface area contributed by atoms with Gasteiger partial charge in [-0.15, -0.1) is 0 Å². The van der Waals surface area contributed by atoms with E-state index in [1.165, 1.54) is 0 Å². The highest BCUT2D eigenvalue weighted by molar-refractivity contribution is 9.10. The summed E-state index contributed by atoms with van der Waals surface area (Å²) in [5.74, 6) is -0.0314. The highest BCUT2D eigenvalue weighted by atomic mass is 79.9. The molecule has 1 saturated heterocycles. The summed E-state index contributed by atoms with van der Waals surface area (Å²) in [5.41, 5.74) is 1.12. The molecule has 1 aliphatic heterocycles. The molecule has 2 rings (SSSR count). The number of hydrogen-bond acceptors (Lipinski definition) is 2. The van der Waals surface area contributed by atoms with Crippen LogP contribution in [0.1, 0.15) is 12.0 Å². The zero-order valence-electron chi connectivity index (χ0n) is 9.99. The van der Waals surface area contributed by atoms with Crippen LogP contribution < -0.4 is 5.32 Å². The van der Waals surface area contributed by atoms with E-state index in [4.69, 9.17) is 0 Å². The van der Waals surface area contributed by atoms with Crippen molar-refractivity contribution in [3.8, 4) is 0 Å². The first kappa shape index (κ1) is 13.1. The van der Waals surface area contributed by atoms with E-state index in [9.17, 15) is 9.59 Å². The molecule has 0 unspecified atom stereocenters. The number of benzene rings is 1. The molecule has 4 nitrogen and oxygen atoms in total. The number of piperazine rings is 1. The smallest absolute Gasteiger partial charge is 0.239 e. The molecule has 0 spiro atoms. The van der Waals surface area contributed by atoms with E-state index in [2.05, 4.69) is 21.2 Å². The van der Waals surface area contributed by atoms with Crippen LogP contribution in [0.3, 0.4) is 0 Å². The molecule has 2 amide bonds. The Labute approximate surface area is 114 Å². The number of halogens is 1. The molecule has 1 N–H and O–H groups in total. The second-order valence-corrected chi connectivity index (χ2v) is 5.11. The number of aryl methyl sites for hydroxylation is 1. The molecule has 1 fully saturated rings. The van der Waals surface area contributed by atoms with Gasteiger partial charge in [0.15, 0.2) is 0 Å². The Morgan fingerprint density at radius 1 is 1.39 bits per heavy atom. The standard InChI is InChI=1S/C13H15BrN2O2/c14-11-4-2-1-3-10(11)5-6-13(18)16-8-7-15-12(17)9-16/h1-4H,5-9H2,(H,15,17). The van der Waals surface area contributed by atoms with Crippen LogP contribution in [0.5, 0.6) is 0 Å². The molecule has 0 atom stereocenters. The number of nitrogens with one attached hydrogen (secondary N) is 1. The molecule has 1 heterocycles. The van der Waals surface area contributed by atoms with Gasteiger partial charge in [0.1, 0.15) is 0 Å². The summed E-state index contributed by atoms with van der Waals surface area (Å²) in [6.45, 7) is 1.36. The van der Waals surface area contributed by atoms with E-state index in [0.717, 1.165) is 10.0 Å². The molecular weight excluding hydrogens is 296 g/mol. The molecule has 18 heavy (non-hydrogen) atoms. The molecule has 1 aromatic rings. The molecule has 0 bridgehead atoms. The lowest BCUT2D eigenvalue weighted by molar-refractivity contribution is -0.138. The van der Waals surface area contributed by atoms with Crippen molar-refractivity contribution in [3.05, 3.63) is 34.3 Å². The Morgan fingerprint density at radius 3 is 2.89 bits per heavy atom. The highest BCUT2D eigenvalue weighted by Gasteiger charge is 2.20. The minimum atomic E-state index is -0.0736. The monoisotopic (exact) mass is 310 g/mol. The summed E-state index contributed by atoms with van der Waals surface area (Å²) in [6.07, 6.45) is 1.13. The number of hydrogen-bond donors (Lipinski definition) is 1. The minimum absolute atomic E-state index is 0.0422. The summed E-state index contributed by atoms with van der Waals surface area (Å²) in [5, 5.41) is 2.71. The molecule has 0 aliphatic carbocycles. The summed E-state index contributed by atoms with van der Waals surface area (Å²) < 4.78 is 1.02. The predicted octanol–water partition coefficient (Wildman–Crippen LogP) is 1.34. The maximum Gasteiger partial charge on any atom is 0.239 e. The van der Waals surface area contributed by atoms with Crippen LogP contribution in [0.2, 0.25) is 0 Å². The number of carbonyl (C=O) groups is 2. The van der Waals surface area contributed by atoms with Crippen LogP contribution in [0.25, 0.3) is 0 Å². The first-order valence-electron chi connectivity index (χ1n) is 5.94. The number of nitrogens with zero attached hydrogens (tertiary/aromatic N) is 1. The minimum Gasteiger partial charge on any atom is -0.353 e. The number of amides is 2. The van der Waals surface area contributed by atoms with Crippen molar-refractivity contribution in [2.75, 3.05) is 19.6 Å². The fraction of sp³-hybridized carbons (Fsp3) is 0.385. The van der Waals surface area contributed by atoms with E-state index >= 15 is 0 Å². The summed E-state index contributed by atoms with van der Waals surface area (Å²) >= 11 is 3.46. The van der Waals surface area contributed by atoms with Crippen molar-refractivity contribution in [3.63, 3.8) is 0 Å². The fourth-order valence-electron chi connectivity index (χ4n) is 1.95. The van der Waals surface area contributed by atoms with Crippen molar-refractivity contribution in [1.29, 1.82) is 0 Å². The molecule has 0 radical (unpaired) electrons. The van der Waals surface area contributed by atoms with Crippen LogP contribution in [-0.4, -0.2) is 36.3 Å². The van der Waals surface area contributed by atoms with Gasteiger partial charge < -0.3 is 10.2 Å². The third-order valence-electron chi connectivity index (χ3n) is 2.96. The van der Waals surface area contributed by atoms with Gasteiger partial charge in [-0.25, -0.2) is 0 Å². The molecule has 0 aromatic heterocycles. The third-order valence-corrected chi connectivity index (χ3v) is 3.73. The van der Waals surface area contributed by atoms with E-state index in [1.807, 2.05) is 24.3 Å². The fourth-order valence-corrected chi connectivity index (χ4v) is 2.44. The van der Waals surface area contributed by atoms with Gasteiger partial charge in [0, 0.05) is 24.0 Å². The zero-order valence-corrected chi connectivity index (χ0v) is 11.6. The van der Waals surface area contributed by atoms with Crippen molar-refractivity contribution in [2.24, 2.45) is 0 Å². The second kappa shape index (κ2) is 6.00. The van der Waals surface area contributed by atoms with Crippen molar-refractivity contribution in [1.82, 2.24) is 10.2 Å². The summed E-state index contributed by atoms with van der Waals surface area (Å²) in [7, 11) is 0. The molecule has 5 heteroatoms. The maximum atomic E-state index is 12.0. The first-order chi connectivity index (χ1) is 8.66. The maximum absolute atomic E-state index is 12.0. The number of carbonyl (C=O) groups excluding carboxylic acids is 2. The lowest BCUT2D eigenvalue weighted by Crippen LogP contribution is -2.50. The Kier molecular flexibility index (Phi) is 4.36. The van der Waals surface area contributed by atoms with E-state index in [1.54, 1.807) is 4.90 Å². The van der Waals surface area contributed by atoms with Crippen LogP contribution in [-0.2, 0) is 16.0 Å². The van der Waals surface area contributed by atoms with Gasteiger partial charge in [0.2, 0.25) is 11.8 Å². The lowest BCUT2D eigenvalue weighted by Gasteiger charge is -2.26. The van der Waals surface area contributed by atoms with Gasteiger partial charge in [-0.2, -0.15) is 0 Å². The zero-order chi connectivity index (χ0) is 13.0. The van der Waals surface area contributed by atoms with Crippen LogP contribution in [0.15, 0.2) is 28.7 Å². The first-order valence-corrected chi connectivity index (χ1v) is 6.74. The van der Waals surface area contributed by atoms with Crippen molar-refractivity contribution >= 4 is 27.7 Å². The lowest BCUT2D eigenvalue weighted by atomic mass is 10.1. The Bertz CT molecular complexity index is 462. The van der Waals surface area contributed by atoms with Crippen molar-refractivity contribution < 1.29 is 9.59 Å². The SMILES string of the molecule is O=C1CN(C(=O)CCc2ccccc2Br)CCN1. The molecule has 96 valence electrons. The Hall–Kier alpha value is -1.36. The van der Waals surface area contributed by atoms with E-state index in [0.29, 0.717) is 25.9 Å². The number of rotatable bonds is 3. The average molecular weight is 311 g/mol. The van der Waals surface area contributed by atoms with Crippen molar-refractivity contribution in [2.45, 2.75) is 12.8 Å². The normalized spacial score (nSPS) is 15.4. The van der Waals surface area contributed by atoms with Crippen LogP contribution in [0.4, 0.5) is 0 Å². The third kappa shape index (κ3) is 3.32. The van der Waals surface area contributed by atoms with Crippen LogP contribution >= 0.6 is 15.9 Å². The second-order valence-electron chi connectivity index (χ2n) is 4.26. The molecule has 1 aliphatic rings. The molecule has 0 saturated carbocycles. The van der Waals surface area contributed by atoms with Gasteiger partial charge in [-0.1, -0.05) is 34.1 Å².